The third-order valence-corrected chi connectivity index (χ3v) is 4.07. The van der Waals surface area contributed by atoms with Crippen molar-refractivity contribution in [2.45, 2.75) is 25.5 Å². The number of hydrogen-bond acceptors (Lipinski definition) is 2. The molecular weight excluding hydrogens is 265 g/mol. The lowest BCUT2D eigenvalue weighted by atomic mass is 9.89. The Morgan fingerprint density at radius 1 is 1.24 bits per heavy atom. The van der Waals surface area contributed by atoms with Crippen LogP contribution in [0.3, 0.4) is 0 Å². The summed E-state index contributed by atoms with van der Waals surface area (Å²) in [5.74, 6) is -0.200. The van der Waals surface area contributed by atoms with Crippen molar-refractivity contribution in [3.8, 4) is 0 Å². The smallest absolute Gasteiger partial charge is 0.123 e. The van der Waals surface area contributed by atoms with E-state index in [1.807, 2.05) is 26.1 Å². The standard InChI is InChI=1S/C18H20FNO/c1-12-9-14(11-15(19)10-12)17(20-2)18-16-6-4-3-5-13(16)7-8-21-18/h3-6,9-11,17-18,20H,7-8H2,1-2H3. The molecule has 1 aliphatic heterocycles. The van der Waals surface area contributed by atoms with Crippen molar-refractivity contribution in [3.05, 3.63) is 70.5 Å². The molecule has 0 spiro atoms. The second-order valence-corrected chi connectivity index (χ2v) is 5.57. The monoisotopic (exact) mass is 285 g/mol. The fourth-order valence-electron chi connectivity index (χ4n) is 3.14. The lowest BCUT2D eigenvalue weighted by Gasteiger charge is -2.32. The second kappa shape index (κ2) is 5.96. The van der Waals surface area contributed by atoms with Crippen LogP contribution >= 0.6 is 0 Å². The minimum atomic E-state index is -0.200. The second-order valence-electron chi connectivity index (χ2n) is 5.57. The normalized spacial score (nSPS) is 19.1. The number of hydrogen-bond donors (Lipinski definition) is 1. The van der Waals surface area contributed by atoms with Crippen LogP contribution < -0.4 is 5.32 Å². The van der Waals surface area contributed by atoms with E-state index in [0.29, 0.717) is 6.61 Å². The molecule has 3 rings (SSSR count). The third kappa shape index (κ3) is 2.85. The molecule has 21 heavy (non-hydrogen) atoms. The van der Waals surface area contributed by atoms with Gasteiger partial charge in [-0.25, -0.2) is 4.39 Å². The van der Waals surface area contributed by atoms with Crippen LogP contribution in [0.1, 0.15) is 34.4 Å². The van der Waals surface area contributed by atoms with Gasteiger partial charge in [0.05, 0.1) is 12.6 Å². The van der Waals surface area contributed by atoms with Gasteiger partial charge in [-0.05, 0) is 54.8 Å². The van der Waals surface area contributed by atoms with E-state index < -0.39 is 0 Å². The predicted molar refractivity (Wildman–Crippen MR) is 81.8 cm³/mol. The summed E-state index contributed by atoms with van der Waals surface area (Å²) in [6.07, 6.45) is 0.854. The molecule has 0 radical (unpaired) electrons. The van der Waals surface area contributed by atoms with E-state index in [1.54, 1.807) is 12.1 Å². The number of nitrogens with one attached hydrogen (secondary N) is 1. The maximum Gasteiger partial charge on any atom is 0.123 e. The zero-order valence-corrected chi connectivity index (χ0v) is 12.4. The minimum Gasteiger partial charge on any atom is -0.371 e. The Balaban J connectivity index is 2.01. The molecule has 0 aliphatic carbocycles. The number of aryl methyl sites for hydroxylation is 1. The van der Waals surface area contributed by atoms with Gasteiger partial charge in [-0.15, -0.1) is 0 Å². The molecule has 1 aliphatic rings. The van der Waals surface area contributed by atoms with Gasteiger partial charge < -0.3 is 10.1 Å². The summed E-state index contributed by atoms with van der Waals surface area (Å²) in [5.41, 5.74) is 4.37. The van der Waals surface area contributed by atoms with Gasteiger partial charge in [0, 0.05) is 0 Å². The van der Waals surface area contributed by atoms with Gasteiger partial charge in [0.25, 0.3) is 0 Å². The van der Waals surface area contributed by atoms with E-state index in [9.17, 15) is 4.39 Å². The van der Waals surface area contributed by atoms with Gasteiger partial charge in [-0.3, -0.25) is 0 Å². The lowest BCUT2D eigenvalue weighted by molar-refractivity contribution is 0.0165. The van der Waals surface area contributed by atoms with Gasteiger partial charge in [-0.2, -0.15) is 0 Å². The Bertz CT molecular complexity index is 621. The van der Waals surface area contributed by atoms with Crippen molar-refractivity contribution in [1.29, 1.82) is 0 Å². The fourth-order valence-corrected chi connectivity index (χ4v) is 3.14. The molecule has 0 aromatic heterocycles. The molecule has 0 saturated heterocycles. The number of halogens is 1. The van der Waals surface area contributed by atoms with E-state index in [0.717, 1.165) is 17.5 Å². The molecular formula is C18H20FNO. The topological polar surface area (TPSA) is 21.3 Å². The van der Waals surface area contributed by atoms with Crippen LogP contribution in [0.2, 0.25) is 0 Å². The number of rotatable bonds is 3. The van der Waals surface area contributed by atoms with Crippen molar-refractivity contribution in [2.24, 2.45) is 0 Å². The van der Waals surface area contributed by atoms with E-state index in [2.05, 4.69) is 23.5 Å². The first-order chi connectivity index (χ1) is 10.2. The molecule has 0 fully saturated rings. The summed E-state index contributed by atoms with van der Waals surface area (Å²) < 4.78 is 19.7. The number of fused-ring (bicyclic) bond motifs is 1. The maximum absolute atomic E-state index is 13.7. The molecule has 2 aromatic carbocycles. The van der Waals surface area contributed by atoms with Crippen molar-refractivity contribution in [1.82, 2.24) is 5.32 Å². The Labute approximate surface area is 125 Å². The molecule has 3 heteroatoms. The predicted octanol–water partition coefficient (Wildman–Crippen LogP) is 3.71. The average molecular weight is 285 g/mol. The van der Waals surface area contributed by atoms with E-state index in [1.165, 1.54) is 11.1 Å². The van der Waals surface area contributed by atoms with Crippen LogP contribution in [0.5, 0.6) is 0 Å². The molecule has 2 atom stereocenters. The van der Waals surface area contributed by atoms with Gasteiger partial charge >= 0.3 is 0 Å². The zero-order chi connectivity index (χ0) is 14.8. The van der Waals surface area contributed by atoms with Crippen molar-refractivity contribution >= 4 is 0 Å². The van der Waals surface area contributed by atoms with E-state index >= 15 is 0 Å². The molecule has 1 N–H and O–H groups in total. The fraction of sp³-hybridized carbons (Fsp3) is 0.333. The quantitative estimate of drug-likeness (QED) is 0.928. The van der Waals surface area contributed by atoms with Crippen molar-refractivity contribution < 1.29 is 9.13 Å². The Hall–Kier alpha value is -1.71. The number of likely N-dealkylation sites (N-methyl/N-ethyl adjacent to an activating group) is 1. The van der Waals surface area contributed by atoms with Gasteiger partial charge in [0.1, 0.15) is 11.9 Å². The summed E-state index contributed by atoms with van der Waals surface area (Å²) in [7, 11) is 1.89. The molecule has 2 aromatic rings. The van der Waals surface area contributed by atoms with Gasteiger partial charge in [-0.1, -0.05) is 30.3 Å². The molecule has 1 heterocycles. The number of benzene rings is 2. The van der Waals surface area contributed by atoms with Crippen LogP contribution in [0.25, 0.3) is 0 Å². The zero-order valence-electron chi connectivity index (χ0n) is 12.4. The van der Waals surface area contributed by atoms with Crippen molar-refractivity contribution in [3.63, 3.8) is 0 Å². The van der Waals surface area contributed by atoms with Crippen LogP contribution in [-0.4, -0.2) is 13.7 Å². The molecule has 0 amide bonds. The molecule has 110 valence electrons. The largest absolute Gasteiger partial charge is 0.371 e. The molecule has 0 saturated carbocycles. The van der Waals surface area contributed by atoms with E-state index in [-0.39, 0.29) is 18.0 Å². The van der Waals surface area contributed by atoms with Crippen LogP contribution in [0.4, 0.5) is 4.39 Å². The first kappa shape index (κ1) is 14.2. The molecule has 0 bridgehead atoms. The van der Waals surface area contributed by atoms with Crippen LogP contribution in [0, 0.1) is 12.7 Å². The SMILES string of the molecule is CNC(c1cc(C)cc(F)c1)C1OCCc2ccccc21. The maximum atomic E-state index is 13.7. The van der Waals surface area contributed by atoms with Crippen molar-refractivity contribution in [2.75, 3.05) is 13.7 Å². The highest BCUT2D eigenvalue weighted by Crippen LogP contribution is 2.37. The highest BCUT2D eigenvalue weighted by Gasteiger charge is 2.29. The third-order valence-electron chi connectivity index (χ3n) is 4.07. The first-order valence-corrected chi connectivity index (χ1v) is 7.33. The first-order valence-electron chi connectivity index (χ1n) is 7.33. The highest BCUT2D eigenvalue weighted by molar-refractivity contribution is 5.35. The molecule has 2 nitrogen and oxygen atoms in total. The van der Waals surface area contributed by atoms with Gasteiger partial charge in [0.15, 0.2) is 0 Å². The summed E-state index contributed by atoms with van der Waals surface area (Å²) in [5, 5.41) is 3.29. The number of ether oxygens (including phenoxy) is 1. The summed E-state index contributed by atoms with van der Waals surface area (Å²) in [6, 6.07) is 13.4. The summed E-state index contributed by atoms with van der Waals surface area (Å²) in [6.45, 7) is 2.61. The Morgan fingerprint density at radius 2 is 2.05 bits per heavy atom. The minimum absolute atomic E-state index is 0.0548. The highest BCUT2D eigenvalue weighted by atomic mass is 19.1. The summed E-state index contributed by atoms with van der Waals surface area (Å²) in [4.78, 5) is 0. The van der Waals surface area contributed by atoms with Crippen LogP contribution in [-0.2, 0) is 11.2 Å². The lowest BCUT2D eigenvalue weighted by Crippen LogP contribution is -2.29. The Morgan fingerprint density at radius 3 is 2.81 bits per heavy atom. The molecule has 2 unspecified atom stereocenters. The van der Waals surface area contributed by atoms with Crippen LogP contribution in [0.15, 0.2) is 42.5 Å². The van der Waals surface area contributed by atoms with E-state index in [4.69, 9.17) is 4.74 Å². The Kier molecular flexibility index (Phi) is 4.04. The summed E-state index contributed by atoms with van der Waals surface area (Å²) >= 11 is 0. The van der Waals surface area contributed by atoms with Gasteiger partial charge in [0.2, 0.25) is 0 Å². The average Bonchev–Trinajstić information content (AvgIpc) is 2.47.